The number of carbonyl (C=O) groups excluding carboxylic acids is 1. The highest BCUT2D eigenvalue weighted by Crippen LogP contribution is 2.24. The summed E-state index contributed by atoms with van der Waals surface area (Å²) in [7, 11) is -0.432. The van der Waals surface area contributed by atoms with E-state index in [2.05, 4.69) is 5.23 Å². The molecule has 4 heteroatoms. The molecule has 0 aromatic heterocycles. The van der Waals surface area contributed by atoms with Crippen molar-refractivity contribution in [1.29, 1.82) is 0 Å². The van der Waals surface area contributed by atoms with Crippen LogP contribution < -0.4 is 5.23 Å². The van der Waals surface area contributed by atoms with Crippen LogP contribution in [0, 0.1) is 5.92 Å². The smallest absolute Gasteiger partial charge is 0.373 e. The van der Waals surface area contributed by atoms with Gasteiger partial charge in [-0.2, -0.15) is 0 Å². The molecule has 0 unspecified atom stereocenters. The maximum Gasteiger partial charge on any atom is 0.373 e. The Kier molecular flexibility index (Phi) is 3.94. The average Bonchev–Trinajstić information content (AvgIpc) is 2.04. The highest BCUT2D eigenvalue weighted by molar-refractivity contribution is 6.45. The van der Waals surface area contributed by atoms with Gasteiger partial charge in [0, 0.05) is 5.92 Å². The molecule has 0 amide bonds. The maximum atomic E-state index is 11.1. The first kappa shape index (κ1) is 10.7. The summed E-state index contributed by atoms with van der Waals surface area (Å²) in [6, 6.07) is 0.399. The molecule has 0 aliphatic heterocycles. The molecule has 0 aromatic carbocycles. The molecule has 0 bridgehead atoms. The molecule has 0 spiro atoms. The van der Waals surface area contributed by atoms with Gasteiger partial charge in [0.15, 0.2) is 0 Å². The van der Waals surface area contributed by atoms with Crippen LogP contribution in [0.25, 0.3) is 0 Å². The third-order valence-corrected chi connectivity index (χ3v) is 2.78. The van der Waals surface area contributed by atoms with Gasteiger partial charge in [-0.25, -0.2) is 0 Å². The average molecular weight is 183 g/mol. The van der Waals surface area contributed by atoms with Crippen LogP contribution in [0.2, 0.25) is 6.82 Å². The minimum atomic E-state index is -0.432. The van der Waals surface area contributed by atoms with Crippen LogP contribution >= 0.6 is 0 Å². The summed E-state index contributed by atoms with van der Waals surface area (Å²) in [5.74, 6) is 0.586. The van der Waals surface area contributed by atoms with E-state index in [0.717, 1.165) is 25.7 Å². The Hall–Kier alpha value is -0.345. The first-order chi connectivity index (χ1) is 6.09. The van der Waals surface area contributed by atoms with Gasteiger partial charge >= 0.3 is 7.05 Å². The summed E-state index contributed by atoms with van der Waals surface area (Å²) in [6.07, 6.45) is 3.96. The fraction of sp³-hybridized carbons (Fsp3) is 0.889. The van der Waals surface area contributed by atoms with E-state index >= 15 is 0 Å². The molecule has 0 heterocycles. The van der Waals surface area contributed by atoms with Crippen LogP contribution in [0.15, 0.2) is 0 Å². The molecule has 3 nitrogen and oxygen atoms in total. The number of nitrogens with one attached hydrogen (secondary N) is 1. The fourth-order valence-electron chi connectivity index (χ4n) is 2.01. The second kappa shape index (κ2) is 4.77. The minimum absolute atomic E-state index is 0.270. The van der Waals surface area contributed by atoms with Gasteiger partial charge in [0.1, 0.15) is 5.78 Å². The Bertz CT molecular complexity index is 176. The Labute approximate surface area is 80.0 Å². The van der Waals surface area contributed by atoms with Crippen molar-refractivity contribution in [1.82, 2.24) is 5.23 Å². The predicted octanol–water partition coefficient (Wildman–Crippen LogP) is 0.834. The lowest BCUT2D eigenvalue weighted by atomic mass is 9.79. The molecule has 1 aliphatic rings. The Balaban J connectivity index is 2.26. The molecule has 74 valence electrons. The van der Waals surface area contributed by atoms with Gasteiger partial charge in [-0.1, -0.05) is 0 Å². The molecule has 1 rings (SSSR count). The van der Waals surface area contributed by atoms with Gasteiger partial charge in [0.05, 0.1) is 0 Å². The zero-order valence-corrected chi connectivity index (χ0v) is 8.42. The summed E-state index contributed by atoms with van der Waals surface area (Å²) in [5.41, 5.74) is 0. The molecular formula is C9H18BNO2. The minimum Gasteiger partial charge on any atom is -0.437 e. The number of rotatable bonds is 3. The molecule has 0 radical (unpaired) electrons. The van der Waals surface area contributed by atoms with E-state index in [1.54, 1.807) is 13.7 Å². The van der Waals surface area contributed by atoms with Gasteiger partial charge in [0.2, 0.25) is 0 Å². The largest absolute Gasteiger partial charge is 0.437 e. The standard InChI is InChI=1S/C9H18BNO2/c1-7(12)8-3-5-9(6-4-8)11-10(2)13/h8-9,11,13H,3-6H2,1-2H3/t8-,9-. The Morgan fingerprint density at radius 3 is 2.31 bits per heavy atom. The summed E-state index contributed by atoms with van der Waals surface area (Å²) >= 11 is 0. The lowest BCUT2D eigenvalue weighted by Crippen LogP contribution is -2.42. The van der Waals surface area contributed by atoms with E-state index in [1.165, 1.54) is 0 Å². The third-order valence-electron chi connectivity index (χ3n) is 2.78. The topological polar surface area (TPSA) is 49.3 Å². The first-order valence-corrected chi connectivity index (χ1v) is 5.04. The molecule has 0 saturated heterocycles. The summed E-state index contributed by atoms with van der Waals surface area (Å²) in [4.78, 5) is 11.1. The number of ketones is 1. The number of Topliss-reactive ketones (excluding diaryl/α,β-unsaturated/α-hetero) is 1. The van der Waals surface area contributed by atoms with Crippen LogP contribution in [0.5, 0.6) is 0 Å². The SMILES string of the molecule is CB(O)N[C@H]1CC[C@H](C(C)=O)CC1. The van der Waals surface area contributed by atoms with Gasteiger partial charge in [-0.05, 0) is 45.5 Å². The molecular weight excluding hydrogens is 165 g/mol. The lowest BCUT2D eigenvalue weighted by Gasteiger charge is -2.28. The highest BCUT2D eigenvalue weighted by atomic mass is 16.2. The Morgan fingerprint density at radius 1 is 1.38 bits per heavy atom. The molecule has 2 N–H and O–H groups in total. The third kappa shape index (κ3) is 3.49. The van der Waals surface area contributed by atoms with Gasteiger partial charge < -0.3 is 10.3 Å². The summed E-state index contributed by atoms with van der Waals surface area (Å²) in [6.45, 7) is 3.41. The second-order valence-electron chi connectivity index (χ2n) is 4.00. The number of hydrogen-bond donors (Lipinski definition) is 2. The van der Waals surface area contributed by atoms with Crippen molar-refractivity contribution in [3.63, 3.8) is 0 Å². The van der Waals surface area contributed by atoms with E-state index in [9.17, 15) is 4.79 Å². The zero-order valence-electron chi connectivity index (χ0n) is 8.42. The van der Waals surface area contributed by atoms with E-state index in [4.69, 9.17) is 5.02 Å². The van der Waals surface area contributed by atoms with Crippen LogP contribution in [-0.4, -0.2) is 23.9 Å². The van der Waals surface area contributed by atoms with E-state index in [1.807, 2.05) is 0 Å². The fourth-order valence-corrected chi connectivity index (χ4v) is 2.01. The van der Waals surface area contributed by atoms with Gasteiger partial charge in [-0.3, -0.25) is 4.79 Å². The summed E-state index contributed by atoms with van der Waals surface area (Å²) in [5, 5.41) is 12.2. The number of carbonyl (C=O) groups is 1. The van der Waals surface area contributed by atoms with Crippen LogP contribution in [0.4, 0.5) is 0 Å². The normalized spacial score (nSPS) is 28.5. The van der Waals surface area contributed by atoms with Crippen molar-refractivity contribution in [2.45, 2.75) is 45.5 Å². The van der Waals surface area contributed by atoms with Crippen molar-refractivity contribution in [2.24, 2.45) is 5.92 Å². The molecule has 0 atom stereocenters. The van der Waals surface area contributed by atoms with Crippen molar-refractivity contribution < 1.29 is 9.82 Å². The molecule has 0 aromatic rings. The maximum absolute atomic E-state index is 11.1. The van der Waals surface area contributed by atoms with Gasteiger partial charge in [0.25, 0.3) is 0 Å². The van der Waals surface area contributed by atoms with E-state index < -0.39 is 7.05 Å². The van der Waals surface area contributed by atoms with Crippen LogP contribution in [-0.2, 0) is 4.79 Å². The monoisotopic (exact) mass is 183 g/mol. The van der Waals surface area contributed by atoms with Crippen molar-refractivity contribution in [3.8, 4) is 0 Å². The zero-order chi connectivity index (χ0) is 9.84. The molecule has 1 aliphatic carbocycles. The van der Waals surface area contributed by atoms with Crippen molar-refractivity contribution >= 4 is 12.8 Å². The summed E-state index contributed by atoms with van der Waals surface area (Å²) < 4.78 is 0. The van der Waals surface area contributed by atoms with Crippen LogP contribution in [0.3, 0.4) is 0 Å². The second-order valence-corrected chi connectivity index (χ2v) is 4.00. The van der Waals surface area contributed by atoms with Crippen LogP contribution in [0.1, 0.15) is 32.6 Å². The van der Waals surface area contributed by atoms with Crippen molar-refractivity contribution in [2.75, 3.05) is 0 Å². The van der Waals surface area contributed by atoms with Crippen molar-refractivity contribution in [3.05, 3.63) is 0 Å². The lowest BCUT2D eigenvalue weighted by molar-refractivity contribution is -0.121. The highest BCUT2D eigenvalue weighted by Gasteiger charge is 2.24. The quantitative estimate of drug-likeness (QED) is 0.637. The molecule has 1 fully saturated rings. The Morgan fingerprint density at radius 2 is 1.92 bits per heavy atom. The predicted molar refractivity (Wildman–Crippen MR) is 53.4 cm³/mol. The first-order valence-electron chi connectivity index (χ1n) is 5.04. The molecule has 13 heavy (non-hydrogen) atoms. The number of hydrogen-bond acceptors (Lipinski definition) is 3. The van der Waals surface area contributed by atoms with Gasteiger partial charge in [-0.15, -0.1) is 0 Å². The molecule has 1 saturated carbocycles. The van der Waals surface area contributed by atoms with E-state index in [-0.39, 0.29) is 5.92 Å². The van der Waals surface area contributed by atoms with E-state index in [0.29, 0.717) is 11.8 Å².